The van der Waals surface area contributed by atoms with Crippen LogP contribution in [0.1, 0.15) is 49.1 Å². The lowest BCUT2D eigenvalue weighted by atomic mass is 9.80. The summed E-state index contributed by atoms with van der Waals surface area (Å²) in [4.78, 5) is 39.6. The van der Waals surface area contributed by atoms with Gasteiger partial charge in [0.25, 0.3) is 0 Å². The van der Waals surface area contributed by atoms with E-state index in [1.807, 2.05) is 24.3 Å². The first-order valence-corrected chi connectivity index (χ1v) is 12.9. The summed E-state index contributed by atoms with van der Waals surface area (Å²) in [5.74, 6) is -0.697. The summed E-state index contributed by atoms with van der Waals surface area (Å²) >= 11 is 1.42. The Labute approximate surface area is 202 Å². The van der Waals surface area contributed by atoms with Gasteiger partial charge < -0.3 is 20.1 Å². The molecule has 3 aliphatic rings. The second-order valence-corrected chi connectivity index (χ2v) is 10.2. The number of rotatable bonds is 5. The van der Waals surface area contributed by atoms with Crippen LogP contribution in [0, 0.1) is 0 Å². The normalized spacial score (nSPS) is 20.9. The Kier molecular flexibility index (Phi) is 6.25. The van der Waals surface area contributed by atoms with E-state index in [0.29, 0.717) is 24.5 Å². The summed E-state index contributed by atoms with van der Waals surface area (Å²) in [7, 11) is 0. The van der Waals surface area contributed by atoms with Crippen LogP contribution in [0.3, 0.4) is 0 Å². The van der Waals surface area contributed by atoms with Gasteiger partial charge in [0.1, 0.15) is 18.2 Å². The number of thioether (sulfide) groups is 1. The van der Waals surface area contributed by atoms with E-state index in [1.165, 1.54) is 16.7 Å². The first-order chi connectivity index (χ1) is 16.5. The summed E-state index contributed by atoms with van der Waals surface area (Å²) in [6, 6.07) is 15.4. The van der Waals surface area contributed by atoms with E-state index < -0.39 is 23.6 Å². The molecule has 34 heavy (non-hydrogen) atoms. The fourth-order valence-electron chi connectivity index (χ4n) is 5.50. The van der Waals surface area contributed by atoms with Crippen molar-refractivity contribution in [3.8, 4) is 11.1 Å². The molecule has 1 saturated carbocycles. The lowest BCUT2D eigenvalue weighted by molar-refractivity contribution is -0.151. The topological polar surface area (TPSA) is 95.9 Å². The number of ether oxygens (including phenoxy) is 1. The number of benzene rings is 2. The molecule has 2 aromatic rings. The van der Waals surface area contributed by atoms with Gasteiger partial charge in [-0.15, -0.1) is 11.8 Å². The van der Waals surface area contributed by atoms with Crippen molar-refractivity contribution in [3.63, 3.8) is 0 Å². The van der Waals surface area contributed by atoms with Crippen LogP contribution in [-0.2, 0) is 14.3 Å². The van der Waals surface area contributed by atoms with Crippen molar-refractivity contribution in [3.05, 3.63) is 59.7 Å². The molecule has 2 fully saturated rings. The Balaban J connectivity index is 1.32. The number of hydrogen-bond donors (Lipinski definition) is 2. The quantitative estimate of drug-likeness (QED) is 0.666. The smallest absolute Gasteiger partial charge is 0.408 e. The highest BCUT2D eigenvalue weighted by molar-refractivity contribution is 7.99. The molecule has 0 unspecified atom stereocenters. The molecule has 2 aliphatic carbocycles. The molecule has 8 heteroatoms. The number of carboxylic acids is 1. The maximum atomic E-state index is 13.5. The maximum Gasteiger partial charge on any atom is 0.408 e. The van der Waals surface area contributed by atoms with E-state index in [1.54, 1.807) is 0 Å². The summed E-state index contributed by atoms with van der Waals surface area (Å²) < 4.78 is 5.71. The van der Waals surface area contributed by atoms with Crippen molar-refractivity contribution < 1.29 is 24.2 Å². The Morgan fingerprint density at radius 1 is 1.00 bits per heavy atom. The van der Waals surface area contributed by atoms with Crippen LogP contribution in [0.25, 0.3) is 11.1 Å². The molecular formula is C26H28N2O5S. The number of amides is 2. The molecule has 178 valence electrons. The number of aliphatic carboxylic acids is 1. The van der Waals surface area contributed by atoms with Gasteiger partial charge in [0.2, 0.25) is 5.91 Å². The van der Waals surface area contributed by atoms with Crippen molar-refractivity contribution in [1.29, 1.82) is 0 Å². The number of alkyl carbamates (subject to hydrolysis) is 1. The van der Waals surface area contributed by atoms with Gasteiger partial charge in [-0.25, -0.2) is 9.59 Å². The fourth-order valence-corrected chi connectivity index (χ4v) is 6.64. The highest BCUT2D eigenvalue weighted by atomic mass is 32.2. The van der Waals surface area contributed by atoms with Gasteiger partial charge in [0.05, 0.1) is 5.88 Å². The molecule has 2 N–H and O–H groups in total. The number of carbonyl (C=O) groups is 3. The summed E-state index contributed by atoms with van der Waals surface area (Å²) in [5.41, 5.74) is 3.44. The molecule has 2 amide bonds. The van der Waals surface area contributed by atoms with Gasteiger partial charge in [0, 0.05) is 11.7 Å². The monoisotopic (exact) mass is 480 g/mol. The number of carboxylic acid groups (broad SMARTS) is 1. The number of fused-ring (bicyclic) bond motifs is 3. The van der Waals surface area contributed by atoms with Crippen LogP contribution in [0.2, 0.25) is 0 Å². The zero-order chi connectivity index (χ0) is 23.7. The van der Waals surface area contributed by atoms with Gasteiger partial charge in [-0.1, -0.05) is 67.8 Å². The Hall–Kier alpha value is -3.00. The predicted octanol–water partition coefficient (Wildman–Crippen LogP) is 4.21. The number of carbonyl (C=O) groups excluding carboxylic acids is 2. The zero-order valence-corrected chi connectivity index (χ0v) is 19.7. The van der Waals surface area contributed by atoms with Crippen molar-refractivity contribution in [1.82, 2.24) is 10.2 Å². The minimum Gasteiger partial charge on any atom is -0.480 e. The van der Waals surface area contributed by atoms with Gasteiger partial charge in [0.15, 0.2) is 0 Å². The SMILES string of the molecule is O=C(NC1(C(=O)N2CSC[C@H]2C(=O)O)CCCCC1)OCC1c2ccccc2-c2ccccc21. The third kappa shape index (κ3) is 4.04. The van der Waals surface area contributed by atoms with Crippen LogP contribution >= 0.6 is 11.8 Å². The van der Waals surface area contributed by atoms with E-state index in [9.17, 15) is 19.5 Å². The second kappa shape index (κ2) is 9.33. The molecule has 0 radical (unpaired) electrons. The van der Waals surface area contributed by atoms with Crippen LogP contribution in [-0.4, -0.2) is 57.8 Å². The van der Waals surface area contributed by atoms with Gasteiger partial charge >= 0.3 is 12.1 Å². The summed E-state index contributed by atoms with van der Waals surface area (Å²) in [6.07, 6.45) is 2.93. The third-order valence-electron chi connectivity index (χ3n) is 7.23. The molecule has 0 bridgehead atoms. The van der Waals surface area contributed by atoms with Crippen LogP contribution in [0.15, 0.2) is 48.5 Å². The van der Waals surface area contributed by atoms with E-state index in [4.69, 9.17) is 4.74 Å². The van der Waals surface area contributed by atoms with Crippen molar-refractivity contribution in [2.75, 3.05) is 18.2 Å². The standard InChI is InChI=1S/C26H28N2O5S/c29-23(30)22-15-34-16-28(22)24(31)26(12-6-1-7-13-26)27-25(32)33-14-21-19-10-4-2-8-17(19)18-9-3-5-11-20(18)21/h2-5,8-11,21-22H,1,6-7,12-16H2,(H,27,32)(H,29,30)/t22-/m0/s1. The lowest BCUT2D eigenvalue weighted by Gasteiger charge is -2.39. The van der Waals surface area contributed by atoms with Gasteiger partial charge in [-0.3, -0.25) is 4.79 Å². The predicted molar refractivity (Wildman–Crippen MR) is 130 cm³/mol. The molecule has 5 rings (SSSR count). The Morgan fingerprint density at radius 2 is 1.62 bits per heavy atom. The fraction of sp³-hybridized carbons (Fsp3) is 0.423. The molecule has 2 aromatic carbocycles. The number of hydrogen-bond acceptors (Lipinski definition) is 5. The van der Waals surface area contributed by atoms with Crippen molar-refractivity contribution in [2.24, 2.45) is 0 Å². The van der Waals surface area contributed by atoms with E-state index in [0.717, 1.165) is 41.5 Å². The van der Waals surface area contributed by atoms with Gasteiger partial charge in [-0.2, -0.15) is 0 Å². The van der Waals surface area contributed by atoms with E-state index in [-0.39, 0.29) is 18.4 Å². The first kappa shape index (κ1) is 22.8. The Morgan fingerprint density at radius 3 is 2.24 bits per heavy atom. The lowest BCUT2D eigenvalue weighted by Crippen LogP contribution is -2.62. The number of nitrogens with zero attached hydrogens (tertiary/aromatic N) is 1. The minimum atomic E-state index is -1.11. The highest BCUT2D eigenvalue weighted by Crippen LogP contribution is 2.44. The molecule has 1 atom stereocenters. The van der Waals surface area contributed by atoms with Crippen LogP contribution < -0.4 is 5.32 Å². The first-order valence-electron chi connectivity index (χ1n) is 11.7. The minimum absolute atomic E-state index is 0.0671. The van der Waals surface area contributed by atoms with Crippen LogP contribution in [0.4, 0.5) is 4.79 Å². The summed E-state index contributed by atoms with van der Waals surface area (Å²) in [6.45, 7) is 0.168. The second-order valence-electron chi connectivity index (χ2n) is 9.22. The Bertz CT molecular complexity index is 1070. The zero-order valence-electron chi connectivity index (χ0n) is 18.9. The molecule has 7 nitrogen and oxygen atoms in total. The van der Waals surface area contributed by atoms with E-state index >= 15 is 0 Å². The molecular weight excluding hydrogens is 452 g/mol. The number of nitrogens with one attached hydrogen (secondary N) is 1. The van der Waals surface area contributed by atoms with E-state index in [2.05, 4.69) is 29.6 Å². The highest BCUT2D eigenvalue weighted by Gasteiger charge is 2.48. The van der Waals surface area contributed by atoms with Crippen molar-refractivity contribution >= 4 is 29.7 Å². The molecule has 0 aromatic heterocycles. The average molecular weight is 481 g/mol. The largest absolute Gasteiger partial charge is 0.480 e. The third-order valence-corrected chi connectivity index (χ3v) is 8.24. The maximum absolute atomic E-state index is 13.5. The molecule has 0 spiro atoms. The molecule has 1 saturated heterocycles. The molecule has 1 heterocycles. The van der Waals surface area contributed by atoms with Crippen molar-refractivity contribution in [2.45, 2.75) is 49.6 Å². The summed E-state index contributed by atoms with van der Waals surface area (Å²) in [5, 5.41) is 12.4. The average Bonchev–Trinajstić information content (AvgIpc) is 3.46. The van der Waals surface area contributed by atoms with Crippen LogP contribution in [0.5, 0.6) is 0 Å². The van der Waals surface area contributed by atoms with Gasteiger partial charge in [-0.05, 0) is 35.1 Å². The molecule has 1 aliphatic heterocycles.